The molecule has 0 atom stereocenters. The van der Waals surface area contributed by atoms with Gasteiger partial charge in [0.2, 0.25) is 0 Å². The average molecular weight is 254 g/mol. The third-order valence-corrected chi connectivity index (χ3v) is 5.79. The van der Waals surface area contributed by atoms with Crippen molar-refractivity contribution < 1.29 is 9.53 Å². The molecular formula is C12H14O2S2. The molecule has 0 aromatic heterocycles. The van der Waals surface area contributed by atoms with Crippen LogP contribution in [0.4, 0.5) is 0 Å². The Kier molecular flexibility index (Phi) is 3.82. The number of carbonyl (C=O) groups excluding carboxylic acids is 1. The van der Waals surface area contributed by atoms with Crippen molar-refractivity contribution in [2.45, 2.75) is 11.0 Å². The van der Waals surface area contributed by atoms with E-state index in [2.05, 4.69) is 0 Å². The van der Waals surface area contributed by atoms with Gasteiger partial charge in [-0.1, -0.05) is 30.3 Å². The minimum absolute atomic E-state index is 0.117. The molecule has 2 nitrogen and oxygen atoms in total. The summed E-state index contributed by atoms with van der Waals surface area (Å²) in [5.41, 5.74) is 1.04. The lowest BCUT2D eigenvalue weighted by molar-refractivity contribution is -0.143. The zero-order valence-electron chi connectivity index (χ0n) is 9.14. The van der Waals surface area contributed by atoms with Crippen LogP contribution in [-0.4, -0.2) is 24.1 Å². The molecule has 4 heteroatoms. The van der Waals surface area contributed by atoms with Gasteiger partial charge >= 0.3 is 5.97 Å². The molecule has 0 radical (unpaired) electrons. The molecule has 0 amide bonds. The third kappa shape index (κ3) is 2.09. The molecular weight excluding hydrogens is 240 g/mol. The quantitative estimate of drug-likeness (QED) is 0.775. The molecule has 1 fully saturated rings. The van der Waals surface area contributed by atoms with Crippen LogP contribution in [0.25, 0.3) is 0 Å². The molecule has 0 unspecified atom stereocenters. The van der Waals surface area contributed by atoms with Crippen molar-refractivity contribution in [2.75, 3.05) is 18.1 Å². The molecule has 0 N–H and O–H groups in total. The van der Waals surface area contributed by atoms with E-state index in [9.17, 15) is 4.79 Å². The fraction of sp³-hybridized carbons (Fsp3) is 0.417. The molecule has 1 saturated heterocycles. The van der Waals surface area contributed by atoms with Crippen LogP contribution < -0.4 is 0 Å². The standard InChI is InChI=1S/C12H14O2S2/c1-2-14-11(13)12(15-8-9-16-12)10-6-4-3-5-7-10/h3-7H,2,8-9H2,1H3. The van der Waals surface area contributed by atoms with Crippen LogP contribution >= 0.6 is 23.5 Å². The largest absolute Gasteiger partial charge is 0.464 e. The van der Waals surface area contributed by atoms with E-state index in [1.54, 1.807) is 23.5 Å². The number of ether oxygens (including phenoxy) is 1. The fourth-order valence-corrected chi connectivity index (χ4v) is 4.73. The summed E-state index contributed by atoms with van der Waals surface area (Å²) in [4.78, 5) is 12.1. The van der Waals surface area contributed by atoms with Gasteiger partial charge in [0.15, 0.2) is 4.08 Å². The first-order valence-electron chi connectivity index (χ1n) is 5.30. The lowest BCUT2D eigenvalue weighted by Gasteiger charge is -2.25. The molecule has 86 valence electrons. The first kappa shape index (κ1) is 11.9. The van der Waals surface area contributed by atoms with Crippen molar-refractivity contribution >= 4 is 29.5 Å². The number of thioether (sulfide) groups is 2. The van der Waals surface area contributed by atoms with Crippen molar-refractivity contribution in [2.24, 2.45) is 0 Å². The van der Waals surface area contributed by atoms with Crippen LogP contribution in [0.15, 0.2) is 30.3 Å². The van der Waals surface area contributed by atoms with Crippen LogP contribution in [0.2, 0.25) is 0 Å². The minimum Gasteiger partial charge on any atom is -0.464 e. The second kappa shape index (κ2) is 5.15. The van der Waals surface area contributed by atoms with Gasteiger partial charge in [-0.2, -0.15) is 0 Å². The van der Waals surface area contributed by atoms with E-state index in [0.29, 0.717) is 6.61 Å². The van der Waals surface area contributed by atoms with Gasteiger partial charge in [-0.25, -0.2) is 4.79 Å². The number of rotatable bonds is 3. The third-order valence-electron chi connectivity index (χ3n) is 2.39. The summed E-state index contributed by atoms with van der Waals surface area (Å²) in [6.45, 7) is 2.29. The number of esters is 1. The number of hydrogen-bond acceptors (Lipinski definition) is 4. The second-order valence-electron chi connectivity index (χ2n) is 3.40. The summed E-state index contributed by atoms with van der Waals surface area (Å²) in [7, 11) is 0. The van der Waals surface area contributed by atoms with E-state index in [0.717, 1.165) is 17.1 Å². The first-order chi connectivity index (χ1) is 7.79. The first-order valence-corrected chi connectivity index (χ1v) is 7.27. The molecule has 16 heavy (non-hydrogen) atoms. The highest BCUT2D eigenvalue weighted by Crippen LogP contribution is 2.52. The molecule has 0 spiro atoms. The molecule has 0 saturated carbocycles. The normalized spacial score (nSPS) is 18.3. The Morgan fingerprint density at radius 2 is 1.94 bits per heavy atom. The molecule has 1 aromatic rings. The number of carbonyl (C=O) groups is 1. The minimum atomic E-state index is -0.530. The SMILES string of the molecule is CCOC(=O)C1(c2ccccc2)SCCS1. The van der Waals surface area contributed by atoms with Crippen molar-refractivity contribution in [1.82, 2.24) is 0 Å². The zero-order chi connectivity index (χ0) is 11.4. The van der Waals surface area contributed by atoms with Crippen LogP contribution in [0.5, 0.6) is 0 Å². The van der Waals surface area contributed by atoms with Gasteiger partial charge in [-0.3, -0.25) is 0 Å². The van der Waals surface area contributed by atoms with E-state index >= 15 is 0 Å². The summed E-state index contributed by atoms with van der Waals surface area (Å²) < 4.78 is 4.67. The summed E-state index contributed by atoms with van der Waals surface area (Å²) in [6, 6.07) is 9.91. The summed E-state index contributed by atoms with van der Waals surface area (Å²) in [5.74, 6) is 1.88. The fourth-order valence-electron chi connectivity index (χ4n) is 1.70. The molecule has 0 aliphatic carbocycles. The van der Waals surface area contributed by atoms with Gasteiger partial charge in [0.1, 0.15) is 0 Å². The number of hydrogen-bond donors (Lipinski definition) is 0. The Hall–Kier alpha value is -0.610. The van der Waals surface area contributed by atoms with Gasteiger partial charge in [0.25, 0.3) is 0 Å². The molecule has 0 bridgehead atoms. The number of benzene rings is 1. The van der Waals surface area contributed by atoms with Gasteiger partial charge in [0.05, 0.1) is 6.61 Å². The maximum Gasteiger partial charge on any atom is 0.337 e. The highest BCUT2D eigenvalue weighted by molar-refractivity contribution is 8.21. The molecule has 1 heterocycles. The monoisotopic (exact) mass is 254 g/mol. The summed E-state index contributed by atoms with van der Waals surface area (Å²) >= 11 is 3.36. The highest BCUT2D eigenvalue weighted by Gasteiger charge is 2.46. The highest BCUT2D eigenvalue weighted by atomic mass is 32.2. The summed E-state index contributed by atoms with van der Waals surface area (Å²) in [6.07, 6.45) is 0. The average Bonchev–Trinajstić information content (AvgIpc) is 2.81. The van der Waals surface area contributed by atoms with Gasteiger partial charge in [-0.15, -0.1) is 23.5 Å². The Morgan fingerprint density at radius 3 is 2.50 bits per heavy atom. The molecule has 2 rings (SSSR count). The van der Waals surface area contributed by atoms with Crippen molar-refractivity contribution in [3.8, 4) is 0 Å². The maximum atomic E-state index is 12.1. The topological polar surface area (TPSA) is 26.3 Å². The smallest absolute Gasteiger partial charge is 0.337 e. The molecule has 1 aromatic carbocycles. The lowest BCUT2D eigenvalue weighted by atomic mass is 10.1. The van der Waals surface area contributed by atoms with Crippen molar-refractivity contribution in [3.05, 3.63) is 35.9 Å². The van der Waals surface area contributed by atoms with E-state index in [-0.39, 0.29) is 5.97 Å². The predicted molar refractivity (Wildman–Crippen MR) is 69.7 cm³/mol. The molecule has 1 aliphatic heterocycles. The Labute approximate surface area is 104 Å². The van der Waals surface area contributed by atoms with Crippen molar-refractivity contribution in [3.63, 3.8) is 0 Å². The van der Waals surface area contributed by atoms with Crippen LogP contribution in [0, 0.1) is 0 Å². The maximum absolute atomic E-state index is 12.1. The van der Waals surface area contributed by atoms with Gasteiger partial charge in [0, 0.05) is 11.5 Å². The van der Waals surface area contributed by atoms with E-state index < -0.39 is 4.08 Å². The van der Waals surface area contributed by atoms with Crippen LogP contribution in [0.3, 0.4) is 0 Å². The Bertz CT molecular complexity index is 359. The lowest BCUT2D eigenvalue weighted by Crippen LogP contribution is -2.29. The second-order valence-corrected chi connectivity index (χ2v) is 6.28. The van der Waals surface area contributed by atoms with Crippen molar-refractivity contribution in [1.29, 1.82) is 0 Å². The molecule has 1 aliphatic rings. The Morgan fingerprint density at radius 1 is 1.31 bits per heavy atom. The summed E-state index contributed by atoms with van der Waals surface area (Å²) in [5, 5.41) is 0. The van der Waals surface area contributed by atoms with Crippen LogP contribution in [0.1, 0.15) is 12.5 Å². The zero-order valence-corrected chi connectivity index (χ0v) is 10.8. The predicted octanol–water partition coefficient (Wildman–Crippen LogP) is 2.88. The van der Waals surface area contributed by atoms with E-state index in [1.807, 2.05) is 37.3 Å². The van der Waals surface area contributed by atoms with E-state index in [1.165, 1.54) is 0 Å². The van der Waals surface area contributed by atoms with Crippen LogP contribution in [-0.2, 0) is 13.6 Å². The van der Waals surface area contributed by atoms with Gasteiger partial charge < -0.3 is 4.74 Å². The Balaban J connectivity index is 2.32. The van der Waals surface area contributed by atoms with E-state index in [4.69, 9.17) is 4.74 Å². The van der Waals surface area contributed by atoms with Gasteiger partial charge in [-0.05, 0) is 12.5 Å².